The van der Waals surface area contributed by atoms with Gasteiger partial charge in [0, 0.05) is 6.17 Å². The highest BCUT2D eigenvalue weighted by Gasteiger charge is 2.14. The largest absolute Gasteiger partial charge is 0.488 e. The molecule has 0 saturated heterocycles. The molecule has 0 aliphatic heterocycles. The lowest BCUT2D eigenvalue weighted by atomic mass is 9.81. The summed E-state index contributed by atoms with van der Waals surface area (Å²) in [5.41, 5.74) is -1.60. The predicted octanol–water partition coefficient (Wildman–Crippen LogP) is -1.45. The van der Waals surface area contributed by atoms with Gasteiger partial charge in [0.1, 0.15) is 5.69 Å². The first-order valence-electron chi connectivity index (χ1n) is 6.11. The fraction of sp³-hybridized carbons (Fsp3) is 0.143. The molecule has 0 atom stereocenters. The van der Waals surface area contributed by atoms with E-state index >= 15 is 0 Å². The Hall–Kier alpha value is -1.40. The first kappa shape index (κ1) is 4.21. The number of pyridine rings is 1. The van der Waals surface area contributed by atoms with E-state index in [4.69, 9.17) is 18.3 Å². The smallest absolute Gasteiger partial charge is 0.464 e. The van der Waals surface area contributed by atoms with E-state index in [0.29, 0.717) is 0 Å². The predicted molar refractivity (Wildman–Crippen MR) is 45.4 cm³/mol. The highest BCUT2D eigenvalue weighted by molar-refractivity contribution is 6.58. The van der Waals surface area contributed by atoms with Gasteiger partial charge in [-0.2, -0.15) is 0 Å². The minimum absolute atomic E-state index is 0.725. The number of nitrogens with zero attached hydrogens (tertiary/aromatic N) is 1. The minimum Gasteiger partial charge on any atom is -0.464 e. The molecule has 1 rings (SSSR count). The van der Waals surface area contributed by atoms with E-state index in [1.807, 2.05) is 0 Å². The number of rotatable bonds is 2. The number of hydrogen-bond donors (Lipinski definition) is 2. The highest BCUT2D eigenvalue weighted by atomic mass is 16.5. The lowest BCUT2D eigenvalue weighted by Crippen LogP contribution is -2.30. The molecule has 1 heterocycles. The van der Waals surface area contributed by atoms with Crippen LogP contribution in [-0.2, 0) is 4.74 Å². The van der Waals surface area contributed by atoms with Crippen molar-refractivity contribution in [3.63, 3.8) is 0 Å². The molecule has 0 saturated carbocycles. The molecular weight excluding hydrogens is 173 g/mol. The number of ether oxygens (including phenoxy) is 1. The zero-order valence-corrected chi connectivity index (χ0v) is 6.24. The Bertz CT molecular complexity index is 519. The Morgan fingerprint density at radius 3 is 3.23 bits per heavy atom. The van der Waals surface area contributed by atoms with E-state index in [1.165, 1.54) is 0 Å². The van der Waals surface area contributed by atoms with Crippen molar-refractivity contribution in [3.8, 4) is 0 Å². The van der Waals surface area contributed by atoms with Crippen LogP contribution in [0.5, 0.6) is 0 Å². The molecule has 0 aliphatic carbocycles. The van der Waals surface area contributed by atoms with Gasteiger partial charge in [-0.3, -0.25) is 0 Å². The van der Waals surface area contributed by atoms with E-state index in [9.17, 15) is 4.79 Å². The molecule has 6 heteroatoms. The van der Waals surface area contributed by atoms with E-state index in [2.05, 4.69) is 9.72 Å². The van der Waals surface area contributed by atoms with Gasteiger partial charge in [0.15, 0.2) is 0 Å². The molecule has 0 spiro atoms. The van der Waals surface area contributed by atoms with Gasteiger partial charge in [0.2, 0.25) is 0 Å². The molecule has 0 fully saturated rings. The van der Waals surface area contributed by atoms with Crippen LogP contribution in [0, 0.1) is 0 Å². The van der Waals surface area contributed by atoms with Crippen molar-refractivity contribution in [2.45, 2.75) is 0 Å². The molecular formula is C7H8BNO4. The third-order valence-electron chi connectivity index (χ3n) is 1.16. The Morgan fingerprint density at radius 1 is 1.85 bits per heavy atom. The van der Waals surface area contributed by atoms with Crippen molar-refractivity contribution in [2.75, 3.05) is 7.04 Å². The maximum Gasteiger partial charge on any atom is 0.488 e. The van der Waals surface area contributed by atoms with Gasteiger partial charge in [-0.15, -0.1) is 0 Å². The second-order valence-corrected chi connectivity index (χ2v) is 2.00. The molecule has 2 N–H and O–H groups in total. The summed E-state index contributed by atoms with van der Waals surface area (Å²) < 4.78 is 46.3. The fourth-order valence-electron chi connectivity index (χ4n) is 0.605. The van der Waals surface area contributed by atoms with Crippen molar-refractivity contribution in [1.29, 1.82) is 0 Å². The van der Waals surface area contributed by atoms with Crippen LogP contribution in [0.2, 0.25) is 0 Å². The lowest BCUT2D eigenvalue weighted by molar-refractivity contribution is 0.0594. The highest BCUT2D eigenvalue weighted by Crippen LogP contribution is 1.94. The first-order valence-corrected chi connectivity index (χ1v) is 3.11. The monoisotopic (exact) mass is 187 g/mol. The molecule has 68 valence electrons. The van der Waals surface area contributed by atoms with Gasteiger partial charge < -0.3 is 14.8 Å². The zero-order chi connectivity index (χ0) is 15.0. The third-order valence-corrected chi connectivity index (χ3v) is 1.16. The number of methoxy groups -OCH3 is 1. The van der Waals surface area contributed by atoms with Crippen LogP contribution in [0.3, 0.4) is 0 Å². The molecule has 0 bridgehead atoms. The second-order valence-electron chi connectivity index (χ2n) is 2.00. The maximum atomic E-state index is 11.4. The normalized spacial score (nSPS) is 17.1. The molecule has 1 aromatic heterocycles. The molecule has 5 nitrogen and oxygen atoms in total. The van der Waals surface area contributed by atoms with E-state index in [-0.39, 0.29) is 0 Å². The SMILES string of the molecule is [2H]c1nc(C(=O)OC([2H])([2H])[2H])c([2H])c(B(O)O)c1[2H]. The Balaban J connectivity index is 3.34. The Kier molecular flexibility index (Phi) is 1.30. The summed E-state index contributed by atoms with van der Waals surface area (Å²) in [7, 11) is -5.34. The topological polar surface area (TPSA) is 79.7 Å². The van der Waals surface area contributed by atoms with E-state index in [1.54, 1.807) is 0 Å². The second kappa shape index (κ2) is 4.02. The Labute approximate surface area is 83.6 Å². The molecule has 0 radical (unpaired) electrons. The van der Waals surface area contributed by atoms with Crippen LogP contribution in [0.1, 0.15) is 18.7 Å². The number of esters is 1. The minimum atomic E-state index is -3.06. The Morgan fingerprint density at radius 2 is 2.62 bits per heavy atom. The van der Waals surface area contributed by atoms with E-state index < -0.39 is 49.5 Å². The zero-order valence-electron chi connectivity index (χ0n) is 12.2. The van der Waals surface area contributed by atoms with Crippen LogP contribution >= 0.6 is 0 Å². The summed E-state index contributed by atoms with van der Waals surface area (Å²) in [6, 6.07) is -1.62. The van der Waals surface area contributed by atoms with Crippen molar-refractivity contribution < 1.29 is 27.8 Å². The van der Waals surface area contributed by atoms with Crippen LogP contribution in [0.15, 0.2) is 18.3 Å². The molecule has 0 amide bonds. The van der Waals surface area contributed by atoms with Gasteiger partial charge in [0.05, 0.1) is 15.3 Å². The summed E-state index contributed by atoms with van der Waals surface area (Å²) in [6.45, 7) is 0. The van der Waals surface area contributed by atoms with Crippen LogP contribution < -0.4 is 5.46 Å². The summed E-state index contributed by atoms with van der Waals surface area (Å²) in [5.74, 6) is -1.51. The standard InChI is InChI=1S/C7H8BNO4/c1-13-7(10)6-4-5(8(11)12)2-3-9-6/h2-4,11-12H,1H3/i1D3,2D,3D,4D. The van der Waals surface area contributed by atoms with Gasteiger partial charge in [-0.05, 0) is 17.5 Å². The molecule has 0 unspecified atom stereocenters. The van der Waals surface area contributed by atoms with Crippen molar-refractivity contribution in [3.05, 3.63) is 24.0 Å². The first-order chi connectivity index (χ1) is 8.54. The molecule has 1 aromatic rings. The van der Waals surface area contributed by atoms with Crippen molar-refractivity contribution >= 4 is 18.6 Å². The van der Waals surface area contributed by atoms with Gasteiger partial charge in [-0.25, -0.2) is 9.78 Å². The third kappa shape index (κ3) is 2.27. The van der Waals surface area contributed by atoms with Gasteiger partial charge >= 0.3 is 13.1 Å². The summed E-state index contributed by atoms with van der Waals surface area (Å²) >= 11 is 0. The molecule has 0 aromatic carbocycles. The molecule has 13 heavy (non-hydrogen) atoms. The van der Waals surface area contributed by atoms with Crippen LogP contribution in [0.25, 0.3) is 0 Å². The van der Waals surface area contributed by atoms with Crippen molar-refractivity contribution in [2.24, 2.45) is 0 Å². The van der Waals surface area contributed by atoms with E-state index in [0.717, 1.165) is 0 Å². The van der Waals surface area contributed by atoms with Crippen LogP contribution in [-0.4, -0.2) is 35.2 Å². The van der Waals surface area contributed by atoms with Gasteiger partial charge in [0.25, 0.3) is 0 Å². The number of hydrogen-bond acceptors (Lipinski definition) is 5. The lowest BCUT2D eigenvalue weighted by Gasteiger charge is -2.01. The summed E-state index contributed by atoms with van der Waals surface area (Å²) in [6.07, 6.45) is -0.809. The summed E-state index contributed by atoms with van der Waals surface area (Å²) in [4.78, 5) is 14.7. The van der Waals surface area contributed by atoms with Crippen molar-refractivity contribution in [1.82, 2.24) is 4.98 Å². The van der Waals surface area contributed by atoms with Gasteiger partial charge in [-0.1, -0.05) is 0 Å². The fourth-order valence-corrected chi connectivity index (χ4v) is 0.605. The summed E-state index contributed by atoms with van der Waals surface area (Å²) in [5, 5.41) is 18.0. The number of carbonyl (C=O) groups is 1. The molecule has 0 aliphatic rings. The maximum absolute atomic E-state index is 11.4. The quantitative estimate of drug-likeness (QED) is 0.437. The van der Waals surface area contributed by atoms with Crippen LogP contribution in [0.4, 0.5) is 0 Å². The number of carbonyl (C=O) groups excluding carboxylic acids is 1. The average Bonchev–Trinajstić information content (AvgIpc) is 2.20. The average molecular weight is 187 g/mol. The number of aromatic nitrogens is 1.